The van der Waals surface area contributed by atoms with Crippen LogP contribution in [0.25, 0.3) is 21.9 Å². The van der Waals surface area contributed by atoms with E-state index in [2.05, 4.69) is 78.8 Å². The van der Waals surface area contributed by atoms with Crippen LogP contribution >= 0.6 is 0 Å². The van der Waals surface area contributed by atoms with Gasteiger partial charge in [0.25, 0.3) is 0 Å². The van der Waals surface area contributed by atoms with E-state index in [4.69, 9.17) is 9.72 Å². The van der Waals surface area contributed by atoms with Gasteiger partial charge in [0, 0.05) is 48.5 Å². The zero-order valence-corrected chi connectivity index (χ0v) is 21.1. The number of nitrogens with one attached hydrogen (secondary N) is 2. The lowest BCUT2D eigenvalue weighted by atomic mass is 9.93. The van der Waals surface area contributed by atoms with E-state index in [1.54, 1.807) is 0 Å². The zero-order chi connectivity index (χ0) is 24.4. The van der Waals surface area contributed by atoms with Crippen molar-refractivity contribution in [3.8, 4) is 11.1 Å². The minimum Gasteiger partial charge on any atom is -0.379 e. The molecule has 1 saturated heterocycles. The van der Waals surface area contributed by atoms with Crippen LogP contribution in [0.3, 0.4) is 0 Å². The van der Waals surface area contributed by atoms with Crippen molar-refractivity contribution in [2.75, 3.05) is 31.6 Å². The van der Waals surface area contributed by atoms with Gasteiger partial charge in [-0.05, 0) is 47.3 Å². The monoisotopic (exact) mass is 474 g/mol. The molecule has 35 heavy (non-hydrogen) atoms. The molecule has 4 atom stereocenters. The number of aliphatic hydroxyl groups is 1. The van der Waals surface area contributed by atoms with E-state index in [9.17, 15) is 5.11 Å². The van der Waals surface area contributed by atoms with Crippen LogP contribution in [0.5, 0.6) is 0 Å². The molecule has 2 aromatic carbocycles. The molecular weight excluding hydrogens is 436 g/mol. The summed E-state index contributed by atoms with van der Waals surface area (Å²) in [6.07, 6.45) is 2.33. The largest absolute Gasteiger partial charge is 0.379 e. The molecule has 1 saturated carbocycles. The van der Waals surface area contributed by atoms with E-state index in [1.807, 2.05) is 12.3 Å². The first-order valence-corrected chi connectivity index (χ1v) is 13.0. The van der Waals surface area contributed by atoms with Crippen LogP contribution in [-0.4, -0.2) is 53.7 Å². The van der Waals surface area contributed by atoms with Gasteiger partial charge in [-0.1, -0.05) is 57.2 Å². The molecule has 6 heteroatoms. The lowest BCUT2D eigenvalue weighted by Gasteiger charge is -2.26. The predicted molar refractivity (Wildman–Crippen MR) is 142 cm³/mol. The van der Waals surface area contributed by atoms with Gasteiger partial charge in [-0.15, -0.1) is 0 Å². The molecule has 1 aliphatic heterocycles. The molecule has 1 aliphatic carbocycles. The number of aliphatic hydroxyl groups excluding tert-OH is 1. The van der Waals surface area contributed by atoms with Gasteiger partial charge in [0.2, 0.25) is 0 Å². The van der Waals surface area contributed by atoms with E-state index >= 15 is 0 Å². The fourth-order valence-electron chi connectivity index (χ4n) is 5.22. The Bertz CT molecular complexity index is 1130. The Morgan fingerprint density at radius 3 is 2.51 bits per heavy atom. The Kier molecular flexibility index (Phi) is 7.35. The number of fused-ring (bicyclic) bond motifs is 1. The van der Waals surface area contributed by atoms with Crippen molar-refractivity contribution in [2.45, 2.75) is 46.1 Å². The molecule has 186 valence electrons. The Morgan fingerprint density at radius 2 is 1.80 bits per heavy atom. The van der Waals surface area contributed by atoms with E-state index < -0.39 is 6.35 Å². The zero-order valence-electron chi connectivity index (χ0n) is 21.1. The van der Waals surface area contributed by atoms with Crippen LogP contribution < -0.4 is 10.6 Å². The Hall–Kier alpha value is -2.51. The normalized spacial score (nSPS) is 22.3. The van der Waals surface area contributed by atoms with E-state index in [-0.39, 0.29) is 0 Å². The third-order valence-corrected chi connectivity index (χ3v) is 7.78. The predicted octanol–water partition coefficient (Wildman–Crippen LogP) is 4.69. The van der Waals surface area contributed by atoms with Crippen molar-refractivity contribution in [2.24, 2.45) is 17.8 Å². The first-order valence-electron chi connectivity index (χ1n) is 13.0. The lowest BCUT2D eigenvalue weighted by Crippen LogP contribution is -2.38. The standard InChI is InChI=1S/C29H38N4O2/c1-19(2)20(3)26-16-28(26)32-29(34)31-27-11-10-23(24-6-4-5-7-25(24)27)21-8-9-22(30-17-21)18-33-12-14-35-15-13-33/h4-11,17,19-20,26,28-29,31-32,34H,12-16,18H2,1-3H3. The number of morpholine rings is 1. The molecule has 5 rings (SSSR count). The maximum absolute atomic E-state index is 10.7. The number of benzene rings is 2. The van der Waals surface area contributed by atoms with E-state index in [0.717, 1.165) is 72.5 Å². The SMILES string of the molecule is CC(C)C(C)C1CC1NC(O)Nc1ccc(-c2ccc(CN3CCOCC3)nc2)c2ccccc12. The second-order valence-corrected chi connectivity index (χ2v) is 10.5. The maximum atomic E-state index is 10.7. The highest BCUT2D eigenvalue weighted by molar-refractivity contribution is 6.03. The third-order valence-electron chi connectivity index (χ3n) is 7.78. The summed E-state index contributed by atoms with van der Waals surface area (Å²) in [6.45, 7) is 11.2. The summed E-state index contributed by atoms with van der Waals surface area (Å²) in [5, 5.41) is 19.6. The number of aromatic nitrogens is 1. The van der Waals surface area contributed by atoms with Crippen molar-refractivity contribution in [3.63, 3.8) is 0 Å². The highest BCUT2D eigenvalue weighted by Gasteiger charge is 2.42. The number of hydrogen-bond donors (Lipinski definition) is 3. The van der Waals surface area contributed by atoms with Crippen LogP contribution in [0.15, 0.2) is 54.7 Å². The molecule has 3 aromatic rings. The molecule has 3 N–H and O–H groups in total. The number of ether oxygens (including phenoxy) is 1. The second-order valence-electron chi connectivity index (χ2n) is 10.5. The van der Waals surface area contributed by atoms with Crippen molar-refractivity contribution in [3.05, 3.63) is 60.4 Å². The smallest absolute Gasteiger partial charge is 0.181 e. The number of hydrogen-bond acceptors (Lipinski definition) is 6. The summed E-state index contributed by atoms with van der Waals surface area (Å²) in [5.41, 5.74) is 4.25. The van der Waals surface area contributed by atoms with Gasteiger partial charge in [0.1, 0.15) is 0 Å². The van der Waals surface area contributed by atoms with Crippen LogP contribution in [-0.2, 0) is 11.3 Å². The first kappa shape index (κ1) is 24.2. The Labute approximate surface area is 208 Å². The average molecular weight is 475 g/mol. The summed E-state index contributed by atoms with van der Waals surface area (Å²) in [4.78, 5) is 7.13. The van der Waals surface area contributed by atoms with Gasteiger partial charge in [-0.3, -0.25) is 15.2 Å². The summed E-state index contributed by atoms with van der Waals surface area (Å²) in [7, 11) is 0. The molecule has 4 unspecified atom stereocenters. The molecule has 0 bridgehead atoms. The Balaban J connectivity index is 1.29. The molecule has 2 aliphatic rings. The van der Waals surface area contributed by atoms with Crippen molar-refractivity contribution >= 4 is 16.5 Å². The molecule has 1 aromatic heterocycles. The molecular formula is C29H38N4O2. The van der Waals surface area contributed by atoms with Crippen molar-refractivity contribution < 1.29 is 9.84 Å². The average Bonchev–Trinajstić information content (AvgIpc) is 3.63. The molecule has 2 heterocycles. The quantitative estimate of drug-likeness (QED) is 0.391. The Morgan fingerprint density at radius 1 is 1.03 bits per heavy atom. The fourth-order valence-corrected chi connectivity index (χ4v) is 5.22. The van der Waals surface area contributed by atoms with E-state index in [1.165, 1.54) is 0 Å². The summed E-state index contributed by atoms with van der Waals surface area (Å²) in [5.74, 6) is 1.97. The summed E-state index contributed by atoms with van der Waals surface area (Å²) in [6, 6.07) is 17.2. The topological polar surface area (TPSA) is 69.7 Å². The summed E-state index contributed by atoms with van der Waals surface area (Å²) < 4.78 is 5.45. The fraction of sp³-hybridized carbons (Fsp3) is 0.483. The van der Waals surface area contributed by atoms with E-state index in [0.29, 0.717) is 23.8 Å². The van der Waals surface area contributed by atoms with Gasteiger partial charge < -0.3 is 15.2 Å². The molecule has 0 radical (unpaired) electrons. The highest BCUT2D eigenvalue weighted by Crippen LogP contribution is 2.41. The molecule has 0 spiro atoms. The van der Waals surface area contributed by atoms with Crippen molar-refractivity contribution in [1.82, 2.24) is 15.2 Å². The number of rotatable bonds is 9. The van der Waals surface area contributed by atoms with Crippen LogP contribution in [0.1, 0.15) is 32.9 Å². The molecule has 6 nitrogen and oxygen atoms in total. The maximum Gasteiger partial charge on any atom is 0.181 e. The van der Waals surface area contributed by atoms with Crippen LogP contribution in [0.4, 0.5) is 5.69 Å². The number of anilines is 1. The van der Waals surface area contributed by atoms with Gasteiger partial charge in [0.05, 0.1) is 18.9 Å². The van der Waals surface area contributed by atoms with Gasteiger partial charge in [0.15, 0.2) is 6.35 Å². The van der Waals surface area contributed by atoms with Crippen LogP contribution in [0.2, 0.25) is 0 Å². The van der Waals surface area contributed by atoms with Gasteiger partial charge >= 0.3 is 0 Å². The van der Waals surface area contributed by atoms with Crippen molar-refractivity contribution in [1.29, 1.82) is 0 Å². The minimum atomic E-state index is -0.778. The van der Waals surface area contributed by atoms with Gasteiger partial charge in [-0.25, -0.2) is 0 Å². The first-order chi connectivity index (χ1) is 17.0. The lowest BCUT2D eigenvalue weighted by molar-refractivity contribution is 0.0336. The second kappa shape index (κ2) is 10.6. The third kappa shape index (κ3) is 5.67. The summed E-state index contributed by atoms with van der Waals surface area (Å²) >= 11 is 0. The number of nitrogens with zero attached hydrogens (tertiary/aromatic N) is 2. The molecule has 2 fully saturated rings. The van der Waals surface area contributed by atoms with Crippen LogP contribution in [0, 0.1) is 17.8 Å². The molecule has 0 amide bonds. The number of pyridine rings is 1. The highest BCUT2D eigenvalue weighted by atomic mass is 16.5. The van der Waals surface area contributed by atoms with Gasteiger partial charge in [-0.2, -0.15) is 0 Å². The minimum absolute atomic E-state index is 0.377.